The predicted molar refractivity (Wildman–Crippen MR) is 131 cm³/mol. The molecule has 12 heteroatoms. The molecule has 1 heterocycles. The maximum Gasteiger partial charge on any atom is 0.255 e. The van der Waals surface area contributed by atoms with E-state index in [1.165, 1.54) is 43.7 Å². The number of aliphatic hydroxyl groups excluding tert-OH is 3. The number of rotatable bonds is 3. The molecule has 0 radical (unpaired) electrons. The highest BCUT2D eigenvalue weighted by molar-refractivity contribution is 6.24. The number of primary amides is 1. The number of ketones is 2. The fraction of sp³-hybridized carbons (Fsp3) is 0.346. The van der Waals surface area contributed by atoms with Crippen LogP contribution in [0.1, 0.15) is 24.0 Å². The first-order valence-corrected chi connectivity index (χ1v) is 11.8. The number of nitrogens with two attached hydrogens (primary N) is 1. The van der Waals surface area contributed by atoms with Crippen molar-refractivity contribution in [1.29, 1.82) is 0 Å². The predicted octanol–water partition coefficient (Wildman–Crippen LogP) is -0.0472. The van der Waals surface area contributed by atoms with E-state index < -0.39 is 75.6 Å². The Morgan fingerprint density at radius 2 is 1.82 bits per heavy atom. The number of aromatic nitrogens is 2. The lowest BCUT2D eigenvalue weighted by Gasteiger charge is -2.53. The second kappa shape index (κ2) is 8.45. The number of hydrogen-bond donors (Lipinski definition) is 6. The minimum absolute atomic E-state index is 0.107. The first-order valence-electron chi connectivity index (χ1n) is 11.8. The molecule has 1 fully saturated rings. The third kappa shape index (κ3) is 3.11. The molecule has 1 aromatic heterocycles. The zero-order valence-electron chi connectivity index (χ0n) is 20.7. The van der Waals surface area contributed by atoms with E-state index in [-0.39, 0.29) is 11.3 Å². The molecule has 1 aromatic carbocycles. The number of benzene rings is 1. The highest BCUT2D eigenvalue weighted by Crippen LogP contribution is 2.57. The molecule has 7 N–H and O–H groups in total. The SMILES string of the molecule is C[C@H]1c2c(-c3cnccn3)ccc(O)c2C(O)=C2C(=O)[C@]3(O)C(O)=C(C(N)=O)C(=O)[C@H](N(C)C)[C@@H]3[C@@H](O)[C@@H]21. The van der Waals surface area contributed by atoms with Crippen molar-refractivity contribution in [3.63, 3.8) is 0 Å². The van der Waals surface area contributed by atoms with E-state index in [0.29, 0.717) is 16.8 Å². The number of carbonyl (C=O) groups excluding carboxylic acids is 3. The summed E-state index contributed by atoms with van der Waals surface area (Å²) >= 11 is 0. The van der Waals surface area contributed by atoms with Crippen LogP contribution in [0.15, 0.2) is 47.6 Å². The molecule has 12 nitrogen and oxygen atoms in total. The number of amides is 1. The normalized spacial score (nSPS) is 30.7. The average molecular weight is 523 g/mol. The number of aromatic hydroxyl groups is 1. The molecule has 1 saturated carbocycles. The van der Waals surface area contributed by atoms with Gasteiger partial charge in [-0.25, -0.2) is 0 Å². The molecule has 0 bridgehead atoms. The van der Waals surface area contributed by atoms with Gasteiger partial charge in [-0.05, 0) is 37.7 Å². The number of Topliss-reactive ketones (excluding diaryl/α,β-unsaturated/α-hetero) is 2. The summed E-state index contributed by atoms with van der Waals surface area (Å²) in [5, 5.41) is 56.5. The summed E-state index contributed by atoms with van der Waals surface area (Å²) in [4.78, 5) is 49.0. The van der Waals surface area contributed by atoms with Gasteiger partial charge in [0.1, 0.15) is 22.8 Å². The van der Waals surface area contributed by atoms with Crippen molar-refractivity contribution in [1.82, 2.24) is 14.9 Å². The van der Waals surface area contributed by atoms with Crippen molar-refractivity contribution in [2.24, 2.45) is 17.6 Å². The third-order valence-electron chi connectivity index (χ3n) is 7.95. The third-order valence-corrected chi connectivity index (χ3v) is 7.95. The molecule has 2 aromatic rings. The van der Waals surface area contributed by atoms with Gasteiger partial charge in [0, 0.05) is 29.4 Å². The van der Waals surface area contributed by atoms with Gasteiger partial charge in [-0.3, -0.25) is 29.3 Å². The maximum atomic E-state index is 14.0. The zero-order valence-corrected chi connectivity index (χ0v) is 20.7. The number of phenolic OH excluding ortho intramolecular Hbond substituents is 1. The van der Waals surface area contributed by atoms with Crippen molar-refractivity contribution >= 4 is 23.2 Å². The van der Waals surface area contributed by atoms with E-state index in [4.69, 9.17) is 5.73 Å². The summed E-state index contributed by atoms with van der Waals surface area (Å²) in [6.07, 6.45) is 2.74. The van der Waals surface area contributed by atoms with E-state index in [1.54, 1.807) is 13.0 Å². The average Bonchev–Trinajstić information content (AvgIpc) is 2.86. The summed E-state index contributed by atoms with van der Waals surface area (Å²) < 4.78 is 0. The number of aliphatic hydroxyl groups is 4. The molecule has 0 spiro atoms. The van der Waals surface area contributed by atoms with Gasteiger partial charge in [0.2, 0.25) is 5.78 Å². The van der Waals surface area contributed by atoms with Crippen LogP contribution in [0.25, 0.3) is 17.0 Å². The molecular formula is C26H26N4O8. The fourth-order valence-electron chi connectivity index (χ4n) is 6.36. The van der Waals surface area contributed by atoms with Gasteiger partial charge in [0.25, 0.3) is 5.91 Å². The number of hydrogen-bond acceptors (Lipinski definition) is 11. The van der Waals surface area contributed by atoms with E-state index in [0.717, 1.165) is 0 Å². The molecule has 3 aliphatic rings. The molecule has 198 valence electrons. The lowest BCUT2D eigenvalue weighted by molar-refractivity contribution is -0.169. The Morgan fingerprint density at radius 3 is 2.39 bits per heavy atom. The Hall–Kier alpha value is -4.13. The number of carbonyl (C=O) groups is 3. The minimum atomic E-state index is -2.96. The first-order chi connectivity index (χ1) is 17.8. The summed E-state index contributed by atoms with van der Waals surface area (Å²) in [5.74, 6) is -9.45. The Labute approximate surface area is 216 Å². The van der Waals surface area contributed by atoms with Gasteiger partial charge in [-0.1, -0.05) is 6.92 Å². The van der Waals surface area contributed by atoms with Crippen LogP contribution in [0, 0.1) is 11.8 Å². The van der Waals surface area contributed by atoms with E-state index in [9.17, 15) is 39.9 Å². The topological polar surface area (TPSA) is 207 Å². The van der Waals surface area contributed by atoms with Crippen LogP contribution in [-0.2, 0) is 14.4 Å². The molecule has 1 amide bonds. The Morgan fingerprint density at radius 1 is 1.13 bits per heavy atom. The van der Waals surface area contributed by atoms with Gasteiger partial charge in [0.15, 0.2) is 11.4 Å². The molecule has 6 atom stereocenters. The van der Waals surface area contributed by atoms with Crippen LogP contribution in [-0.4, -0.2) is 89.7 Å². The minimum Gasteiger partial charge on any atom is -0.508 e. The first kappa shape index (κ1) is 25.5. The van der Waals surface area contributed by atoms with Crippen LogP contribution < -0.4 is 5.73 Å². The summed E-state index contributed by atoms with van der Waals surface area (Å²) in [6.45, 7) is 1.66. The molecule has 3 aliphatic carbocycles. The molecule has 0 saturated heterocycles. The molecule has 0 aliphatic heterocycles. The van der Waals surface area contributed by atoms with Crippen LogP contribution in [0.3, 0.4) is 0 Å². The van der Waals surface area contributed by atoms with Crippen LogP contribution in [0.2, 0.25) is 0 Å². The van der Waals surface area contributed by atoms with Crippen molar-refractivity contribution in [2.45, 2.75) is 30.6 Å². The highest BCUT2D eigenvalue weighted by atomic mass is 16.4. The zero-order chi connectivity index (χ0) is 27.8. The van der Waals surface area contributed by atoms with E-state index in [2.05, 4.69) is 9.97 Å². The summed E-state index contributed by atoms with van der Waals surface area (Å²) in [5.41, 5.74) is 2.10. The quantitative estimate of drug-likeness (QED) is 0.295. The number of phenols is 1. The lowest BCUT2D eigenvalue weighted by Crippen LogP contribution is -2.70. The molecule has 38 heavy (non-hydrogen) atoms. The van der Waals surface area contributed by atoms with Gasteiger partial charge in [0.05, 0.1) is 35.5 Å². The molecular weight excluding hydrogens is 496 g/mol. The molecule has 5 rings (SSSR count). The fourth-order valence-corrected chi connectivity index (χ4v) is 6.36. The number of likely N-dealkylation sites (N-methyl/N-ethyl adjacent to an activating group) is 1. The molecule has 0 unspecified atom stereocenters. The Kier molecular flexibility index (Phi) is 5.67. The van der Waals surface area contributed by atoms with Crippen molar-refractivity contribution < 1.29 is 39.9 Å². The van der Waals surface area contributed by atoms with Gasteiger partial charge < -0.3 is 31.3 Å². The maximum absolute atomic E-state index is 14.0. The van der Waals surface area contributed by atoms with Gasteiger partial charge in [-0.15, -0.1) is 0 Å². The van der Waals surface area contributed by atoms with Gasteiger partial charge in [-0.2, -0.15) is 0 Å². The van der Waals surface area contributed by atoms with Crippen LogP contribution in [0.5, 0.6) is 5.75 Å². The number of nitrogens with zero attached hydrogens (tertiary/aromatic N) is 3. The Bertz CT molecular complexity index is 1470. The second-order valence-electron chi connectivity index (χ2n) is 10.1. The van der Waals surface area contributed by atoms with E-state index in [1.807, 2.05) is 0 Å². The number of fused-ring (bicyclic) bond motifs is 3. The van der Waals surface area contributed by atoms with Crippen molar-refractivity contribution in [3.05, 3.63) is 58.8 Å². The van der Waals surface area contributed by atoms with E-state index >= 15 is 0 Å². The lowest BCUT2D eigenvalue weighted by atomic mass is 9.54. The highest BCUT2D eigenvalue weighted by Gasteiger charge is 2.68. The van der Waals surface area contributed by atoms with Crippen LogP contribution >= 0.6 is 0 Å². The standard InChI is InChI=1S/C26H26N4O8/c1-9-13-10(11-8-28-6-7-29-11)4-5-12(31)15(13)20(32)16-14(9)21(33)18-19(30(2)3)22(34)17(25(27)37)24(36)26(18,38)23(16)35/h4-9,14,18-19,21,31-33,36,38H,1-3H3,(H2,27,37)/t9-,14+,18+,19+,21-,26-/m0/s1. The summed E-state index contributed by atoms with van der Waals surface area (Å²) in [6, 6.07) is 1.46. The summed E-state index contributed by atoms with van der Waals surface area (Å²) in [7, 11) is 2.90. The largest absolute Gasteiger partial charge is 0.508 e. The van der Waals surface area contributed by atoms with Gasteiger partial charge >= 0.3 is 0 Å². The van der Waals surface area contributed by atoms with Crippen molar-refractivity contribution in [3.8, 4) is 17.0 Å². The second-order valence-corrected chi connectivity index (χ2v) is 10.1. The monoisotopic (exact) mass is 522 g/mol. The smallest absolute Gasteiger partial charge is 0.255 e. The Balaban J connectivity index is 1.83. The van der Waals surface area contributed by atoms with Crippen LogP contribution in [0.4, 0.5) is 0 Å². The van der Waals surface area contributed by atoms with Crippen molar-refractivity contribution in [2.75, 3.05) is 14.1 Å².